The zero-order valence-electron chi connectivity index (χ0n) is 15.1. The van der Waals surface area contributed by atoms with Crippen LogP contribution in [0.2, 0.25) is 0 Å². The summed E-state index contributed by atoms with van der Waals surface area (Å²) in [5.74, 6) is -0.333. The highest BCUT2D eigenvalue weighted by molar-refractivity contribution is 5.78. The third-order valence-electron chi connectivity index (χ3n) is 4.76. The third-order valence-corrected chi connectivity index (χ3v) is 4.76. The Morgan fingerprint density at radius 2 is 2.00 bits per heavy atom. The van der Waals surface area contributed by atoms with Gasteiger partial charge in [0.1, 0.15) is 0 Å². The molecule has 2 aromatic rings. The van der Waals surface area contributed by atoms with Crippen molar-refractivity contribution in [1.82, 2.24) is 4.98 Å². The van der Waals surface area contributed by atoms with Crippen LogP contribution in [0.1, 0.15) is 36.0 Å². The van der Waals surface area contributed by atoms with E-state index in [1.807, 2.05) is 6.07 Å². The highest BCUT2D eigenvalue weighted by Crippen LogP contribution is 2.30. The number of nitrogens with zero attached hydrogens (tertiary/aromatic N) is 1. The van der Waals surface area contributed by atoms with E-state index in [0.717, 1.165) is 24.8 Å². The first-order valence-corrected chi connectivity index (χ1v) is 9.08. The Labute approximate surface area is 154 Å². The molecule has 1 fully saturated rings. The standard InChI is InChI=1S/C21H25NO4/c1-16-5-7-17(8-6-16)4-2-12-25-19-10-9-18(15-22-19)14-21(20(23)24)11-3-13-26-21/h5-10,15H,2-4,11-14H2,1H3,(H,23,24). The molecule has 1 saturated heterocycles. The van der Waals surface area contributed by atoms with E-state index >= 15 is 0 Å². The number of aryl methyl sites for hydroxylation is 2. The molecular formula is C21H25NO4. The molecule has 0 aliphatic carbocycles. The highest BCUT2D eigenvalue weighted by Gasteiger charge is 2.42. The van der Waals surface area contributed by atoms with E-state index < -0.39 is 11.6 Å². The molecule has 0 amide bonds. The van der Waals surface area contributed by atoms with Gasteiger partial charge in [0, 0.05) is 25.3 Å². The van der Waals surface area contributed by atoms with Gasteiger partial charge in [-0.15, -0.1) is 0 Å². The van der Waals surface area contributed by atoms with E-state index in [1.54, 1.807) is 12.3 Å². The van der Waals surface area contributed by atoms with Gasteiger partial charge < -0.3 is 14.6 Å². The molecule has 138 valence electrons. The summed E-state index contributed by atoms with van der Waals surface area (Å²) in [6.07, 6.45) is 5.23. The molecule has 3 rings (SSSR count). The lowest BCUT2D eigenvalue weighted by atomic mass is 9.92. The van der Waals surface area contributed by atoms with Crippen LogP contribution < -0.4 is 4.74 Å². The molecule has 1 unspecified atom stereocenters. The van der Waals surface area contributed by atoms with Crippen LogP contribution in [0.25, 0.3) is 0 Å². The zero-order chi connectivity index (χ0) is 18.4. The molecule has 5 heteroatoms. The number of carbonyl (C=O) groups is 1. The molecule has 0 bridgehead atoms. The van der Waals surface area contributed by atoms with E-state index in [4.69, 9.17) is 9.47 Å². The molecule has 5 nitrogen and oxygen atoms in total. The van der Waals surface area contributed by atoms with Crippen molar-refractivity contribution in [3.8, 4) is 5.88 Å². The van der Waals surface area contributed by atoms with E-state index in [-0.39, 0.29) is 0 Å². The maximum absolute atomic E-state index is 11.5. The molecule has 0 spiro atoms. The number of hydrogen-bond acceptors (Lipinski definition) is 4. The molecule has 1 aromatic carbocycles. The van der Waals surface area contributed by atoms with Crippen molar-refractivity contribution in [2.75, 3.05) is 13.2 Å². The van der Waals surface area contributed by atoms with Gasteiger partial charge in [0.2, 0.25) is 5.88 Å². The van der Waals surface area contributed by atoms with E-state index in [2.05, 4.69) is 36.2 Å². The lowest BCUT2D eigenvalue weighted by Gasteiger charge is -2.23. The van der Waals surface area contributed by atoms with Crippen molar-refractivity contribution in [2.24, 2.45) is 0 Å². The Morgan fingerprint density at radius 3 is 2.62 bits per heavy atom. The van der Waals surface area contributed by atoms with Crippen LogP contribution in [0.5, 0.6) is 5.88 Å². The Hall–Kier alpha value is -2.40. The molecular weight excluding hydrogens is 330 g/mol. The Bertz CT molecular complexity index is 719. The van der Waals surface area contributed by atoms with Crippen molar-refractivity contribution < 1.29 is 19.4 Å². The normalized spacial score (nSPS) is 19.4. The Balaban J connectivity index is 1.47. The fraction of sp³-hybridized carbons (Fsp3) is 0.429. The smallest absolute Gasteiger partial charge is 0.336 e. The lowest BCUT2D eigenvalue weighted by Crippen LogP contribution is -2.40. The highest BCUT2D eigenvalue weighted by atomic mass is 16.5. The predicted octanol–water partition coefficient (Wildman–Crippen LogP) is 3.58. The largest absolute Gasteiger partial charge is 0.479 e. The molecule has 26 heavy (non-hydrogen) atoms. The number of benzene rings is 1. The van der Waals surface area contributed by atoms with Gasteiger partial charge >= 0.3 is 5.97 Å². The quantitative estimate of drug-likeness (QED) is 0.733. The molecule has 0 radical (unpaired) electrons. The summed E-state index contributed by atoms with van der Waals surface area (Å²) in [5, 5.41) is 9.46. The van der Waals surface area contributed by atoms with Crippen molar-refractivity contribution in [3.05, 3.63) is 59.3 Å². The zero-order valence-corrected chi connectivity index (χ0v) is 15.1. The van der Waals surface area contributed by atoms with Crippen LogP contribution in [0.4, 0.5) is 0 Å². The van der Waals surface area contributed by atoms with Crippen LogP contribution in [0, 0.1) is 6.92 Å². The summed E-state index contributed by atoms with van der Waals surface area (Å²) in [7, 11) is 0. The average molecular weight is 355 g/mol. The van der Waals surface area contributed by atoms with Crippen LogP contribution in [0.3, 0.4) is 0 Å². The summed E-state index contributed by atoms with van der Waals surface area (Å²) >= 11 is 0. The van der Waals surface area contributed by atoms with Crippen LogP contribution in [-0.2, 0) is 22.4 Å². The van der Waals surface area contributed by atoms with Gasteiger partial charge in [0.05, 0.1) is 6.61 Å². The average Bonchev–Trinajstić information content (AvgIpc) is 3.12. The monoisotopic (exact) mass is 355 g/mol. The number of rotatable bonds is 8. The topological polar surface area (TPSA) is 68.7 Å². The van der Waals surface area contributed by atoms with Gasteiger partial charge in [-0.2, -0.15) is 0 Å². The number of ether oxygens (including phenoxy) is 2. The summed E-state index contributed by atoms with van der Waals surface area (Å²) in [5.41, 5.74) is 2.32. The number of aliphatic carboxylic acids is 1. The molecule has 0 saturated carbocycles. The summed E-state index contributed by atoms with van der Waals surface area (Å²) in [6, 6.07) is 12.2. The minimum atomic E-state index is -1.10. The predicted molar refractivity (Wildman–Crippen MR) is 98.5 cm³/mol. The number of aromatic nitrogens is 1. The van der Waals surface area contributed by atoms with Crippen molar-refractivity contribution in [2.45, 2.75) is 44.6 Å². The van der Waals surface area contributed by atoms with Crippen LogP contribution >= 0.6 is 0 Å². The lowest BCUT2D eigenvalue weighted by molar-refractivity contribution is -0.159. The molecule has 1 aliphatic rings. The summed E-state index contributed by atoms with van der Waals surface area (Å²) < 4.78 is 11.2. The second kappa shape index (κ2) is 8.32. The minimum absolute atomic E-state index is 0.336. The molecule has 1 aliphatic heterocycles. The first-order chi connectivity index (χ1) is 12.6. The molecule has 1 atom stereocenters. The molecule has 1 N–H and O–H groups in total. The molecule has 2 heterocycles. The van der Waals surface area contributed by atoms with Crippen LogP contribution in [-0.4, -0.2) is 34.9 Å². The minimum Gasteiger partial charge on any atom is -0.479 e. The fourth-order valence-corrected chi connectivity index (χ4v) is 3.22. The van der Waals surface area contributed by atoms with Crippen molar-refractivity contribution >= 4 is 5.97 Å². The number of hydrogen-bond donors (Lipinski definition) is 1. The number of carboxylic acids is 1. The first-order valence-electron chi connectivity index (χ1n) is 9.08. The number of carboxylic acid groups (broad SMARTS) is 1. The SMILES string of the molecule is Cc1ccc(CCCOc2ccc(CC3(C(=O)O)CCCO3)cn2)cc1. The van der Waals surface area contributed by atoms with E-state index in [0.29, 0.717) is 31.9 Å². The maximum atomic E-state index is 11.5. The maximum Gasteiger partial charge on any atom is 0.336 e. The van der Waals surface area contributed by atoms with Gasteiger partial charge in [-0.05, 0) is 43.7 Å². The molecule has 1 aromatic heterocycles. The van der Waals surface area contributed by atoms with Crippen LogP contribution in [0.15, 0.2) is 42.6 Å². The Kier molecular flexibility index (Phi) is 5.89. The van der Waals surface area contributed by atoms with Crippen molar-refractivity contribution in [3.63, 3.8) is 0 Å². The van der Waals surface area contributed by atoms with Crippen molar-refractivity contribution in [1.29, 1.82) is 0 Å². The van der Waals surface area contributed by atoms with Gasteiger partial charge in [0.25, 0.3) is 0 Å². The number of pyridine rings is 1. The van der Waals surface area contributed by atoms with E-state index in [1.165, 1.54) is 11.1 Å². The Morgan fingerprint density at radius 1 is 1.23 bits per heavy atom. The second-order valence-electron chi connectivity index (χ2n) is 6.87. The third kappa shape index (κ3) is 4.61. The fourth-order valence-electron chi connectivity index (χ4n) is 3.22. The second-order valence-corrected chi connectivity index (χ2v) is 6.87. The summed E-state index contributed by atoms with van der Waals surface area (Å²) in [6.45, 7) is 3.18. The van der Waals surface area contributed by atoms with Gasteiger partial charge in [-0.1, -0.05) is 35.9 Å². The first kappa shape index (κ1) is 18.4. The van der Waals surface area contributed by atoms with Gasteiger partial charge in [0.15, 0.2) is 5.60 Å². The van der Waals surface area contributed by atoms with Gasteiger partial charge in [-0.25, -0.2) is 9.78 Å². The van der Waals surface area contributed by atoms with E-state index in [9.17, 15) is 9.90 Å². The van der Waals surface area contributed by atoms with Gasteiger partial charge in [-0.3, -0.25) is 0 Å². The summed E-state index contributed by atoms with van der Waals surface area (Å²) in [4.78, 5) is 15.8.